The molecule has 3 rings (SSSR count). The summed E-state index contributed by atoms with van der Waals surface area (Å²) in [5.41, 5.74) is -1.85. The molecule has 4 N–H and O–H groups in total. The predicted molar refractivity (Wildman–Crippen MR) is 128 cm³/mol. The fourth-order valence-corrected chi connectivity index (χ4v) is 5.00. The van der Waals surface area contributed by atoms with Gasteiger partial charge in [0.2, 0.25) is 0 Å². The number of esters is 1. The number of amides is 1. The molecule has 0 saturated carbocycles. The van der Waals surface area contributed by atoms with E-state index >= 15 is 0 Å². The van der Waals surface area contributed by atoms with Crippen molar-refractivity contribution in [1.29, 1.82) is 0 Å². The van der Waals surface area contributed by atoms with E-state index in [-0.39, 0.29) is 17.7 Å². The van der Waals surface area contributed by atoms with E-state index < -0.39 is 56.3 Å². The third kappa shape index (κ3) is 6.52. The van der Waals surface area contributed by atoms with E-state index in [1.54, 1.807) is 44.2 Å². The molecule has 12 nitrogen and oxygen atoms in total. The van der Waals surface area contributed by atoms with Crippen molar-refractivity contribution in [2.75, 3.05) is 6.61 Å². The van der Waals surface area contributed by atoms with Gasteiger partial charge in [-0.15, -0.1) is 0 Å². The van der Waals surface area contributed by atoms with Crippen LogP contribution in [0.3, 0.4) is 0 Å². The van der Waals surface area contributed by atoms with Crippen LogP contribution in [0.2, 0.25) is 0 Å². The number of nitrogens with zero attached hydrogens (tertiary/aromatic N) is 1. The average Bonchev–Trinajstić information content (AvgIpc) is 3.01. The predicted octanol–water partition coefficient (Wildman–Crippen LogP) is 1.37. The Morgan fingerprint density at radius 3 is 2.61 bits per heavy atom. The monoisotopic (exact) mass is 525 g/mol. The minimum atomic E-state index is -4.22. The number of hydrogen-bond acceptors (Lipinski definition) is 10. The summed E-state index contributed by atoms with van der Waals surface area (Å²) in [5.74, 6) is -0.713. The molecule has 1 saturated heterocycles. The van der Waals surface area contributed by atoms with Crippen LogP contribution >= 0.6 is 7.75 Å². The number of aliphatic hydroxyl groups is 2. The molecular weight excluding hydrogens is 493 g/mol. The number of nitrogens with one attached hydrogen (secondary N) is 2. The van der Waals surface area contributed by atoms with Crippen molar-refractivity contribution in [2.24, 2.45) is 0 Å². The minimum absolute atomic E-state index is 0.140. The smallest absolute Gasteiger partial charge is 0.459 e. The second-order valence-electron chi connectivity index (χ2n) is 8.88. The summed E-state index contributed by atoms with van der Waals surface area (Å²) < 4.78 is 35.8. The lowest BCUT2D eigenvalue weighted by atomic mass is 9.95. The molecule has 1 fully saturated rings. The van der Waals surface area contributed by atoms with Crippen molar-refractivity contribution in [3.63, 3.8) is 0 Å². The number of ether oxygens (including phenoxy) is 2. The van der Waals surface area contributed by atoms with Crippen LogP contribution in [0.4, 0.5) is 0 Å². The zero-order valence-corrected chi connectivity index (χ0v) is 21.4. The van der Waals surface area contributed by atoms with Crippen molar-refractivity contribution >= 4 is 19.6 Å². The summed E-state index contributed by atoms with van der Waals surface area (Å²) in [7, 11) is -4.22. The molecule has 0 bridgehead atoms. The number of aliphatic hydroxyl groups excluding tert-OH is 1. The van der Waals surface area contributed by atoms with Crippen LogP contribution in [0.25, 0.3) is 0 Å². The normalized spacial score (nSPS) is 28.5. The van der Waals surface area contributed by atoms with Gasteiger partial charge in [0.1, 0.15) is 35.4 Å². The second-order valence-corrected chi connectivity index (χ2v) is 10.6. The molecule has 1 aromatic rings. The summed E-state index contributed by atoms with van der Waals surface area (Å²) in [6.07, 6.45) is -1.57. The van der Waals surface area contributed by atoms with Gasteiger partial charge in [-0.05, 0) is 39.8 Å². The highest BCUT2D eigenvalue weighted by atomic mass is 31.2. The Morgan fingerprint density at radius 1 is 1.33 bits per heavy atom. The minimum Gasteiger partial charge on any atom is -0.462 e. The standard InChI is InChI=1S/C23H32N3O9P/c1-14(2)33-22(29)15(3)25-36(31,35-17-9-7-6-8-10-17)32-13-18-23(5,30)20(28)21(34-18)26-12-11-19(27)24-16(26)4/h6-12,14-15,18,20-21,28,30H,4,13H2,1-3,5H3,(H,24,27)(H,25,31)/t15-,18+,20+,21+,23?,36?/m0/s1. The molecule has 2 heterocycles. The lowest BCUT2D eigenvalue weighted by Crippen LogP contribution is -2.51. The van der Waals surface area contributed by atoms with Crippen molar-refractivity contribution in [1.82, 2.24) is 15.3 Å². The number of para-hydroxylation sites is 1. The topological polar surface area (TPSA) is 156 Å². The van der Waals surface area contributed by atoms with Gasteiger partial charge in [-0.2, -0.15) is 5.09 Å². The second kappa shape index (κ2) is 11.1. The molecule has 198 valence electrons. The van der Waals surface area contributed by atoms with E-state index in [0.29, 0.717) is 0 Å². The van der Waals surface area contributed by atoms with Crippen LogP contribution in [0.5, 0.6) is 5.75 Å². The van der Waals surface area contributed by atoms with Crippen LogP contribution in [0, 0.1) is 0 Å². The molecule has 0 spiro atoms. The molecule has 1 amide bonds. The van der Waals surface area contributed by atoms with Gasteiger partial charge >= 0.3 is 13.7 Å². The van der Waals surface area contributed by atoms with Crippen LogP contribution < -0.4 is 14.9 Å². The highest BCUT2D eigenvalue weighted by molar-refractivity contribution is 7.52. The highest BCUT2D eigenvalue weighted by Gasteiger charge is 2.55. The van der Waals surface area contributed by atoms with E-state index in [1.165, 1.54) is 31.0 Å². The van der Waals surface area contributed by atoms with Gasteiger partial charge < -0.3 is 34.4 Å². The summed E-state index contributed by atoms with van der Waals surface area (Å²) in [4.78, 5) is 25.2. The zero-order chi connectivity index (χ0) is 26.7. The molecule has 0 aliphatic carbocycles. The number of carbonyl (C=O) groups is 2. The first-order valence-electron chi connectivity index (χ1n) is 11.3. The maximum Gasteiger partial charge on any atom is 0.459 e. The van der Waals surface area contributed by atoms with Crippen LogP contribution in [0.1, 0.15) is 27.7 Å². The summed E-state index contributed by atoms with van der Waals surface area (Å²) >= 11 is 0. The quantitative estimate of drug-likeness (QED) is 0.258. The summed E-state index contributed by atoms with van der Waals surface area (Å²) in [6, 6.07) is 7.12. The molecule has 6 atom stereocenters. The van der Waals surface area contributed by atoms with Crippen LogP contribution in [-0.4, -0.2) is 69.8 Å². The summed E-state index contributed by atoms with van der Waals surface area (Å²) in [5, 5.41) is 26.8. The largest absolute Gasteiger partial charge is 0.462 e. The average molecular weight is 525 g/mol. The van der Waals surface area contributed by atoms with Gasteiger partial charge in [0.25, 0.3) is 5.91 Å². The van der Waals surface area contributed by atoms with Crippen molar-refractivity contribution in [3.8, 4) is 5.75 Å². The van der Waals surface area contributed by atoms with Crippen molar-refractivity contribution in [2.45, 2.75) is 63.9 Å². The van der Waals surface area contributed by atoms with Crippen LogP contribution in [-0.2, 0) is 28.2 Å². The van der Waals surface area contributed by atoms with Gasteiger partial charge in [-0.1, -0.05) is 24.8 Å². The Labute approximate surface area is 209 Å². The molecule has 2 aliphatic heterocycles. The highest BCUT2D eigenvalue weighted by Crippen LogP contribution is 2.46. The van der Waals surface area contributed by atoms with Gasteiger partial charge in [-0.25, -0.2) is 4.57 Å². The van der Waals surface area contributed by atoms with Gasteiger partial charge in [0, 0.05) is 12.3 Å². The van der Waals surface area contributed by atoms with E-state index in [9.17, 15) is 24.4 Å². The molecule has 36 heavy (non-hydrogen) atoms. The molecule has 0 aromatic heterocycles. The van der Waals surface area contributed by atoms with Gasteiger partial charge in [-0.3, -0.25) is 14.1 Å². The zero-order valence-electron chi connectivity index (χ0n) is 20.5. The maximum absolute atomic E-state index is 13.7. The molecule has 13 heteroatoms. The number of hydrogen-bond donors (Lipinski definition) is 4. The third-order valence-corrected chi connectivity index (χ3v) is 7.13. The Hall–Kier alpha value is -2.73. The number of rotatable bonds is 10. The van der Waals surface area contributed by atoms with E-state index in [1.807, 2.05) is 0 Å². The van der Waals surface area contributed by atoms with Crippen LogP contribution in [0.15, 0.2) is 55.0 Å². The molecular formula is C23H32N3O9P. The Morgan fingerprint density at radius 2 is 2.00 bits per heavy atom. The Bertz CT molecular complexity index is 1050. The first kappa shape index (κ1) is 27.9. The molecule has 2 aliphatic rings. The first-order valence-corrected chi connectivity index (χ1v) is 12.9. The fourth-order valence-electron chi connectivity index (χ4n) is 3.51. The van der Waals surface area contributed by atoms with Crippen molar-refractivity contribution < 1.29 is 42.9 Å². The van der Waals surface area contributed by atoms with Gasteiger partial charge in [0.15, 0.2) is 6.23 Å². The third-order valence-electron chi connectivity index (χ3n) is 5.49. The number of carbonyl (C=O) groups excluding carboxylic acids is 2. The Kier molecular flexibility index (Phi) is 8.60. The molecule has 2 unspecified atom stereocenters. The lowest BCUT2D eigenvalue weighted by Gasteiger charge is -2.33. The number of benzene rings is 1. The molecule has 0 radical (unpaired) electrons. The van der Waals surface area contributed by atoms with Gasteiger partial charge in [0.05, 0.1) is 12.7 Å². The fraction of sp³-hybridized carbons (Fsp3) is 0.478. The summed E-state index contributed by atoms with van der Waals surface area (Å²) in [6.45, 7) is 9.37. The van der Waals surface area contributed by atoms with E-state index in [2.05, 4.69) is 17.0 Å². The van der Waals surface area contributed by atoms with Crippen molar-refractivity contribution in [3.05, 3.63) is 55.0 Å². The maximum atomic E-state index is 13.7. The van der Waals surface area contributed by atoms with E-state index in [4.69, 9.17) is 18.5 Å². The molecule has 1 aromatic carbocycles. The van der Waals surface area contributed by atoms with E-state index in [0.717, 1.165) is 0 Å². The SMILES string of the molecule is C=C1NC(=O)C=CN1[C@@H]1O[C@H](COP(=O)(N[C@@H](C)C(=O)OC(C)C)Oc2ccccc2)C(C)(O)[C@@H]1O. The lowest BCUT2D eigenvalue weighted by molar-refractivity contribution is -0.149. The Balaban J connectivity index is 1.77. The first-order chi connectivity index (χ1) is 16.8.